The molecular formula is C12H15ClN2O2. The number of benzene rings is 1. The van der Waals surface area contributed by atoms with Crippen LogP contribution in [-0.2, 0) is 16.0 Å². The van der Waals surface area contributed by atoms with Gasteiger partial charge in [0.25, 0.3) is 0 Å². The number of amides is 2. The molecule has 17 heavy (non-hydrogen) atoms. The normalized spacial score (nSPS) is 9.76. The molecule has 0 fully saturated rings. The second kappa shape index (κ2) is 6.91. The lowest BCUT2D eigenvalue weighted by Gasteiger charge is -2.06. The number of rotatable bonds is 5. The summed E-state index contributed by atoms with van der Waals surface area (Å²) < 4.78 is 0. The van der Waals surface area contributed by atoms with E-state index in [1.54, 1.807) is 6.07 Å². The Hall–Kier alpha value is -1.55. The molecule has 0 saturated heterocycles. The van der Waals surface area contributed by atoms with E-state index in [-0.39, 0.29) is 18.2 Å². The van der Waals surface area contributed by atoms with Gasteiger partial charge in [-0.3, -0.25) is 9.59 Å². The Morgan fingerprint density at radius 1 is 1.18 bits per heavy atom. The second-order valence-corrected chi connectivity index (χ2v) is 4.01. The Morgan fingerprint density at radius 2 is 1.82 bits per heavy atom. The van der Waals surface area contributed by atoms with E-state index in [0.717, 1.165) is 5.56 Å². The van der Waals surface area contributed by atoms with Crippen LogP contribution in [0.5, 0.6) is 0 Å². The molecule has 0 atom stereocenters. The topological polar surface area (TPSA) is 58.2 Å². The average Bonchev–Trinajstić information content (AvgIpc) is 2.27. The van der Waals surface area contributed by atoms with Gasteiger partial charge in [-0.2, -0.15) is 0 Å². The van der Waals surface area contributed by atoms with Crippen molar-refractivity contribution in [2.24, 2.45) is 0 Å². The van der Waals surface area contributed by atoms with Crippen molar-refractivity contribution in [1.29, 1.82) is 0 Å². The molecule has 0 unspecified atom stereocenters. The van der Waals surface area contributed by atoms with Crippen molar-refractivity contribution < 1.29 is 9.59 Å². The fourth-order valence-electron chi connectivity index (χ4n) is 1.32. The first-order valence-corrected chi connectivity index (χ1v) is 5.72. The molecule has 1 aromatic carbocycles. The maximum atomic E-state index is 11.5. The van der Waals surface area contributed by atoms with Gasteiger partial charge in [-0.05, 0) is 11.6 Å². The van der Waals surface area contributed by atoms with Gasteiger partial charge in [0, 0.05) is 25.0 Å². The highest BCUT2D eigenvalue weighted by molar-refractivity contribution is 6.31. The standard InChI is InChI=1S/C12H15ClN2O2/c1-9(16)14-6-7-15-12(17)8-10-4-2-3-5-11(10)13/h2-5H,6-8H2,1H3,(H,14,16)(H,15,17). The zero-order valence-corrected chi connectivity index (χ0v) is 10.4. The van der Waals surface area contributed by atoms with Crippen LogP contribution in [0.3, 0.4) is 0 Å². The molecule has 0 radical (unpaired) electrons. The number of carbonyl (C=O) groups is 2. The Labute approximate surface area is 105 Å². The quantitative estimate of drug-likeness (QED) is 0.774. The SMILES string of the molecule is CC(=O)NCCNC(=O)Cc1ccccc1Cl. The third-order valence-electron chi connectivity index (χ3n) is 2.13. The highest BCUT2D eigenvalue weighted by atomic mass is 35.5. The molecular weight excluding hydrogens is 240 g/mol. The Morgan fingerprint density at radius 3 is 2.47 bits per heavy atom. The molecule has 0 heterocycles. The molecule has 0 spiro atoms. The second-order valence-electron chi connectivity index (χ2n) is 3.60. The van der Waals surface area contributed by atoms with Crippen LogP contribution in [0.25, 0.3) is 0 Å². The number of hydrogen-bond donors (Lipinski definition) is 2. The lowest BCUT2D eigenvalue weighted by Crippen LogP contribution is -2.34. The van der Waals surface area contributed by atoms with E-state index in [4.69, 9.17) is 11.6 Å². The largest absolute Gasteiger partial charge is 0.355 e. The lowest BCUT2D eigenvalue weighted by atomic mass is 10.1. The van der Waals surface area contributed by atoms with Crippen LogP contribution < -0.4 is 10.6 Å². The van der Waals surface area contributed by atoms with Gasteiger partial charge < -0.3 is 10.6 Å². The van der Waals surface area contributed by atoms with Gasteiger partial charge in [0.2, 0.25) is 11.8 Å². The summed E-state index contributed by atoms with van der Waals surface area (Å²) in [5, 5.41) is 5.89. The smallest absolute Gasteiger partial charge is 0.224 e. The zero-order chi connectivity index (χ0) is 12.7. The summed E-state index contributed by atoms with van der Waals surface area (Å²) in [7, 11) is 0. The molecule has 92 valence electrons. The molecule has 0 aliphatic heterocycles. The van der Waals surface area contributed by atoms with Gasteiger partial charge in [0.05, 0.1) is 6.42 Å². The van der Waals surface area contributed by atoms with Crippen LogP contribution in [0.2, 0.25) is 5.02 Å². The van der Waals surface area contributed by atoms with Gasteiger partial charge in [-0.1, -0.05) is 29.8 Å². The van der Waals surface area contributed by atoms with Crippen molar-refractivity contribution in [1.82, 2.24) is 10.6 Å². The molecule has 0 bridgehead atoms. The zero-order valence-electron chi connectivity index (χ0n) is 9.63. The van der Waals surface area contributed by atoms with E-state index < -0.39 is 0 Å². The predicted octanol–water partition coefficient (Wildman–Crippen LogP) is 1.13. The van der Waals surface area contributed by atoms with Crippen LogP contribution >= 0.6 is 11.6 Å². The monoisotopic (exact) mass is 254 g/mol. The van der Waals surface area contributed by atoms with Crippen molar-refractivity contribution in [2.75, 3.05) is 13.1 Å². The molecule has 0 aromatic heterocycles. The maximum absolute atomic E-state index is 11.5. The number of hydrogen-bond acceptors (Lipinski definition) is 2. The van der Waals surface area contributed by atoms with Crippen LogP contribution in [0, 0.1) is 0 Å². The first kappa shape index (κ1) is 13.5. The van der Waals surface area contributed by atoms with Crippen LogP contribution in [0.15, 0.2) is 24.3 Å². The van der Waals surface area contributed by atoms with Crippen molar-refractivity contribution in [3.8, 4) is 0 Å². The first-order valence-electron chi connectivity index (χ1n) is 5.34. The third kappa shape index (κ3) is 5.36. The number of carbonyl (C=O) groups excluding carboxylic acids is 2. The maximum Gasteiger partial charge on any atom is 0.224 e. The van der Waals surface area contributed by atoms with Crippen molar-refractivity contribution in [3.63, 3.8) is 0 Å². The summed E-state index contributed by atoms with van der Waals surface area (Å²) in [6, 6.07) is 7.23. The third-order valence-corrected chi connectivity index (χ3v) is 2.50. The van der Waals surface area contributed by atoms with Gasteiger partial charge in [0.1, 0.15) is 0 Å². The summed E-state index contributed by atoms with van der Waals surface area (Å²) in [4.78, 5) is 22.1. The van der Waals surface area contributed by atoms with E-state index in [9.17, 15) is 9.59 Å². The molecule has 0 saturated carbocycles. The van der Waals surface area contributed by atoms with Crippen LogP contribution in [0.1, 0.15) is 12.5 Å². The Kier molecular flexibility index (Phi) is 5.49. The van der Waals surface area contributed by atoms with Gasteiger partial charge in [-0.15, -0.1) is 0 Å². The van der Waals surface area contributed by atoms with Gasteiger partial charge in [0.15, 0.2) is 0 Å². The van der Waals surface area contributed by atoms with E-state index in [1.165, 1.54) is 6.92 Å². The highest BCUT2D eigenvalue weighted by Crippen LogP contribution is 2.14. The summed E-state index contributed by atoms with van der Waals surface area (Å²) in [5.74, 6) is -0.214. The fourth-order valence-corrected chi connectivity index (χ4v) is 1.52. The highest BCUT2D eigenvalue weighted by Gasteiger charge is 2.05. The number of halogens is 1. The predicted molar refractivity (Wildman–Crippen MR) is 66.8 cm³/mol. The van der Waals surface area contributed by atoms with Gasteiger partial charge in [-0.25, -0.2) is 0 Å². The Balaban J connectivity index is 2.30. The van der Waals surface area contributed by atoms with Crippen molar-refractivity contribution in [2.45, 2.75) is 13.3 Å². The van der Waals surface area contributed by atoms with Crippen LogP contribution in [0.4, 0.5) is 0 Å². The van der Waals surface area contributed by atoms with Crippen LogP contribution in [-0.4, -0.2) is 24.9 Å². The molecule has 1 aromatic rings. The summed E-state index contributed by atoms with van der Waals surface area (Å²) in [6.45, 7) is 2.29. The summed E-state index contributed by atoms with van der Waals surface area (Å²) >= 11 is 5.93. The molecule has 1 rings (SSSR count). The fraction of sp³-hybridized carbons (Fsp3) is 0.333. The lowest BCUT2D eigenvalue weighted by molar-refractivity contribution is -0.121. The average molecular weight is 255 g/mol. The Bertz CT molecular complexity index is 407. The minimum absolute atomic E-state index is 0.106. The minimum atomic E-state index is -0.108. The first-order chi connectivity index (χ1) is 8.09. The van der Waals surface area contributed by atoms with E-state index >= 15 is 0 Å². The van der Waals surface area contributed by atoms with Crippen molar-refractivity contribution >= 4 is 23.4 Å². The molecule has 0 aliphatic rings. The van der Waals surface area contributed by atoms with E-state index in [0.29, 0.717) is 18.1 Å². The molecule has 2 N–H and O–H groups in total. The molecule has 5 heteroatoms. The van der Waals surface area contributed by atoms with Crippen molar-refractivity contribution in [3.05, 3.63) is 34.9 Å². The summed E-state index contributed by atoms with van der Waals surface area (Å²) in [5.41, 5.74) is 0.797. The number of nitrogens with one attached hydrogen (secondary N) is 2. The summed E-state index contributed by atoms with van der Waals surface area (Å²) in [6.07, 6.45) is 0.250. The molecule has 0 aliphatic carbocycles. The van der Waals surface area contributed by atoms with E-state index in [1.807, 2.05) is 18.2 Å². The minimum Gasteiger partial charge on any atom is -0.355 e. The van der Waals surface area contributed by atoms with Gasteiger partial charge >= 0.3 is 0 Å². The van der Waals surface area contributed by atoms with E-state index in [2.05, 4.69) is 10.6 Å². The molecule has 2 amide bonds. The molecule has 4 nitrogen and oxygen atoms in total.